The quantitative estimate of drug-likeness (QED) is 0.382. The number of benzene rings is 2. The summed E-state index contributed by atoms with van der Waals surface area (Å²) in [5, 5.41) is 20.9. The fourth-order valence-corrected chi connectivity index (χ4v) is 4.12. The van der Waals surface area contributed by atoms with Crippen molar-refractivity contribution in [2.75, 3.05) is 0 Å². The molecular weight excluding hydrogens is 466 g/mol. The molecule has 8 heteroatoms. The normalized spacial score (nSPS) is 12.3. The number of oxazole rings is 1. The first-order valence-corrected chi connectivity index (χ1v) is 11.4. The molecule has 4 aromatic rings. The van der Waals surface area contributed by atoms with Gasteiger partial charge in [0.05, 0.1) is 16.9 Å². The van der Waals surface area contributed by atoms with Gasteiger partial charge in [0, 0.05) is 23.9 Å². The molecule has 2 aromatic carbocycles. The summed E-state index contributed by atoms with van der Waals surface area (Å²) in [6, 6.07) is 9.62. The highest BCUT2D eigenvalue weighted by Crippen LogP contribution is 2.37. The number of halogens is 2. The Labute approximate surface area is 207 Å². The molecule has 0 saturated carbocycles. The van der Waals surface area contributed by atoms with Crippen molar-refractivity contribution in [3.8, 4) is 28.3 Å². The smallest absolute Gasteiger partial charge is 0.255 e. The predicted octanol–water partition coefficient (Wildman–Crippen LogP) is 5.51. The molecule has 0 aliphatic rings. The highest BCUT2D eigenvalue weighted by atomic mass is 19.1. The average Bonchev–Trinajstić information content (AvgIpc) is 3.19. The van der Waals surface area contributed by atoms with E-state index >= 15 is 0 Å². The first kappa shape index (κ1) is 25.5. The second-order valence-corrected chi connectivity index (χ2v) is 10.0. The van der Waals surface area contributed by atoms with Crippen LogP contribution in [0.15, 0.2) is 57.9 Å². The van der Waals surface area contributed by atoms with E-state index in [-0.39, 0.29) is 28.5 Å². The minimum atomic E-state index is -1.47. The lowest BCUT2D eigenvalue weighted by Crippen LogP contribution is -2.21. The molecule has 2 heterocycles. The van der Waals surface area contributed by atoms with E-state index in [4.69, 9.17) is 4.42 Å². The van der Waals surface area contributed by atoms with Crippen LogP contribution >= 0.6 is 0 Å². The summed E-state index contributed by atoms with van der Waals surface area (Å²) < 4.78 is 35.5. The van der Waals surface area contributed by atoms with E-state index in [0.29, 0.717) is 16.8 Å². The van der Waals surface area contributed by atoms with Crippen molar-refractivity contribution in [1.29, 1.82) is 0 Å². The lowest BCUT2D eigenvalue weighted by atomic mass is 9.93. The summed E-state index contributed by atoms with van der Waals surface area (Å²) in [5.74, 6) is -1.65. The zero-order valence-corrected chi connectivity index (χ0v) is 21.0. The van der Waals surface area contributed by atoms with Crippen molar-refractivity contribution in [1.82, 2.24) is 9.55 Å². The summed E-state index contributed by atoms with van der Waals surface area (Å²) in [4.78, 5) is 17.4. The van der Waals surface area contributed by atoms with Crippen molar-refractivity contribution in [2.45, 2.75) is 52.7 Å². The summed E-state index contributed by atoms with van der Waals surface area (Å²) in [6.45, 7) is 10.0. The largest absolute Gasteiger partial charge is 0.437 e. The maximum absolute atomic E-state index is 14.7. The molecule has 188 valence electrons. The van der Waals surface area contributed by atoms with Crippen LogP contribution in [0.1, 0.15) is 50.3 Å². The van der Waals surface area contributed by atoms with Gasteiger partial charge in [0.1, 0.15) is 22.9 Å². The standard InChI is InChI=1S/C28H28F2N2O4/c1-15-11-18(27(3,4)34)12-16(2)24(15)32-14-17(7-10-22(32)33)23-25(36-26(31-23)28(5,6)35)20-9-8-19(29)13-21(20)30/h7-14,34-35H,1-6H3. The van der Waals surface area contributed by atoms with Crippen LogP contribution in [0.2, 0.25) is 0 Å². The molecule has 0 saturated heterocycles. The van der Waals surface area contributed by atoms with E-state index in [1.807, 2.05) is 26.0 Å². The van der Waals surface area contributed by atoms with Crippen LogP contribution in [0.5, 0.6) is 0 Å². The second kappa shape index (κ2) is 8.80. The van der Waals surface area contributed by atoms with E-state index in [2.05, 4.69) is 4.98 Å². The van der Waals surface area contributed by atoms with Gasteiger partial charge in [-0.1, -0.05) is 12.1 Å². The van der Waals surface area contributed by atoms with Crippen LogP contribution in [0.3, 0.4) is 0 Å². The van der Waals surface area contributed by atoms with Crippen molar-refractivity contribution in [3.05, 3.63) is 93.2 Å². The van der Waals surface area contributed by atoms with E-state index in [1.165, 1.54) is 36.6 Å². The Bertz CT molecular complexity index is 1500. The van der Waals surface area contributed by atoms with Crippen LogP contribution < -0.4 is 5.56 Å². The van der Waals surface area contributed by atoms with Gasteiger partial charge < -0.3 is 14.6 Å². The van der Waals surface area contributed by atoms with E-state index in [9.17, 15) is 23.8 Å². The van der Waals surface area contributed by atoms with Gasteiger partial charge in [-0.25, -0.2) is 13.8 Å². The van der Waals surface area contributed by atoms with E-state index in [1.54, 1.807) is 20.0 Å². The number of nitrogens with zero attached hydrogens (tertiary/aromatic N) is 2. The molecule has 2 N–H and O–H groups in total. The second-order valence-electron chi connectivity index (χ2n) is 10.0. The molecule has 0 unspecified atom stereocenters. The fourth-order valence-electron chi connectivity index (χ4n) is 4.12. The van der Waals surface area contributed by atoms with Crippen molar-refractivity contribution < 1.29 is 23.4 Å². The number of pyridine rings is 1. The van der Waals surface area contributed by atoms with Crippen molar-refractivity contribution in [3.63, 3.8) is 0 Å². The summed E-state index contributed by atoms with van der Waals surface area (Å²) in [7, 11) is 0. The Morgan fingerprint density at radius 2 is 1.56 bits per heavy atom. The zero-order valence-electron chi connectivity index (χ0n) is 21.0. The molecule has 2 aromatic heterocycles. The van der Waals surface area contributed by atoms with Crippen LogP contribution in [-0.4, -0.2) is 19.8 Å². The number of aryl methyl sites for hydroxylation is 2. The minimum absolute atomic E-state index is 0.000598. The summed E-state index contributed by atoms with van der Waals surface area (Å²) >= 11 is 0. The van der Waals surface area contributed by atoms with Crippen molar-refractivity contribution in [2.24, 2.45) is 0 Å². The third-order valence-corrected chi connectivity index (χ3v) is 5.95. The number of aliphatic hydroxyl groups is 2. The highest BCUT2D eigenvalue weighted by Gasteiger charge is 2.28. The number of rotatable bonds is 5. The maximum atomic E-state index is 14.7. The Balaban J connectivity index is 1.95. The molecule has 0 bridgehead atoms. The third-order valence-electron chi connectivity index (χ3n) is 5.95. The Hall–Kier alpha value is -3.62. The predicted molar refractivity (Wildman–Crippen MR) is 133 cm³/mol. The first-order chi connectivity index (χ1) is 16.7. The Kier molecular flexibility index (Phi) is 6.22. The van der Waals surface area contributed by atoms with Crippen LogP contribution in [0.25, 0.3) is 28.3 Å². The van der Waals surface area contributed by atoms with Crippen LogP contribution in [-0.2, 0) is 11.2 Å². The van der Waals surface area contributed by atoms with Crippen LogP contribution in [0.4, 0.5) is 8.78 Å². The number of hydrogen-bond donors (Lipinski definition) is 2. The maximum Gasteiger partial charge on any atom is 0.255 e. The number of aromatic nitrogens is 2. The molecule has 0 atom stereocenters. The molecule has 4 rings (SSSR count). The minimum Gasteiger partial charge on any atom is -0.437 e. The fraction of sp³-hybridized carbons (Fsp3) is 0.286. The molecular formula is C28H28F2N2O4. The van der Waals surface area contributed by atoms with Crippen LogP contribution in [0, 0.1) is 25.5 Å². The lowest BCUT2D eigenvalue weighted by Gasteiger charge is -2.22. The van der Waals surface area contributed by atoms with E-state index < -0.39 is 22.8 Å². The van der Waals surface area contributed by atoms with Crippen molar-refractivity contribution >= 4 is 0 Å². The first-order valence-electron chi connectivity index (χ1n) is 11.4. The van der Waals surface area contributed by atoms with Gasteiger partial charge >= 0.3 is 0 Å². The third kappa shape index (κ3) is 4.74. The Morgan fingerprint density at radius 1 is 0.917 bits per heavy atom. The molecule has 36 heavy (non-hydrogen) atoms. The molecule has 0 radical (unpaired) electrons. The lowest BCUT2D eigenvalue weighted by molar-refractivity contribution is 0.0490. The number of hydrogen-bond acceptors (Lipinski definition) is 5. The van der Waals surface area contributed by atoms with Gasteiger partial charge in [-0.05, 0) is 76.4 Å². The zero-order chi connectivity index (χ0) is 26.6. The van der Waals surface area contributed by atoms with Gasteiger partial charge in [0.2, 0.25) is 5.89 Å². The molecule has 0 amide bonds. The summed E-state index contributed by atoms with van der Waals surface area (Å²) in [6.07, 6.45) is 1.57. The Morgan fingerprint density at radius 3 is 2.11 bits per heavy atom. The van der Waals surface area contributed by atoms with Gasteiger partial charge in [-0.2, -0.15) is 0 Å². The monoisotopic (exact) mass is 494 g/mol. The molecule has 6 nitrogen and oxygen atoms in total. The molecule has 0 fully saturated rings. The van der Waals surface area contributed by atoms with Gasteiger partial charge in [-0.15, -0.1) is 0 Å². The highest BCUT2D eigenvalue weighted by molar-refractivity contribution is 5.77. The average molecular weight is 495 g/mol. The van der Waals surface area contributed by atoms with Gasteiger partial charge in [0.25, 0.3) is 5.56 Å². The summed E-state index contributed by atoms with van der Waals surface area (Å²) in [5.41, 5.74) is 0.647. The van der Waals surface area contributed by atoms with Gasteiger partial charge in [0.15, 0.2) is 5.76 Å². The van der Waals surface area contributed by atoms with Gasteiger partial charge in [-0.3, -0.25) is 9.36 Å². The topological polar surface area (TPSA) is 88.5 Å². The molecule has 0 spiro atoms. The molecule has 0 aliphatic carbocycles. The van der Waals surface area contributed by atoms with E-state index in [0.717, 1.165) is 23.3 Å². The molecule has 0 aliphatic heterocycles. The SMILES string of the molecule is Cc1cc(C(C)(C)O)cc(C)c1-n1cc(-c2nc(C(C)(C)O)oc2-c2ccc(F)cc2F)ccc1=O.